The lowest BCUT2D eigenvalue weighted by molar-refractivity contribution is 0.0696. The zero-order valence-corrected chi connectivity index (χ0v) is 16.1. The van der Waals surface area contributed by atoms with Gasteiger partial charge in [-0.3, -0.25) is 9.79 Å². The number of carbonyl (C=O) groups excluding carboxylic acids is 1. The average Bonchev–Trinajstić information content (AvgIpc) is 3.05. The highest BCUT2D eigenvalue weighted by Gasteiger charge is 2.31. The van der Waals surface area contributed by atoms with Crippen LogP contribution in [0.5, 0.6) is 11.5 Å². The van der Waals surface area contributed by atoms with Gasteiger partial charge < -0.3 is 19.5 Å². The molecule has 0 aromatic heterocycles. The number of hydrogen-bond acceptors (Lipinski definition) is 5. The van der Waals surface area contributed by atoms with Crippen LogP contribution < -0.4 is 9.47 Å². The molecule has 1 amide bonds. The SMILES string of the molecule is COc1cc2c(cc1OCc1cccc(C(=O)O)c1)N=C[C@@H]1CC(C)=CN1C2=O. The molecule has 29 heavy (non-hydrogen) atoms. The predicted molar refractivity (Wildman–Crippen MR) is 107 cm³/mol. The number of carboxylic acid groups (broad SMARTS) is 1. The van der Waals surface area contributed by atoms with Crippen molar-refractivity contribution >= 4 is 23.8 Å². The fourth-order valence-corrected chi connectivity index (χ4v) is 3.51. The number of methoxy groups -OCH3 is 1. The number of amides is 1. The van der Waals surface area contributed by atoms with Crippen LogP contribution in [0.25, 0.3) is 0 Å². The van der Waals surface area contributed by atoms with Crippen LogP contribution in [0.2, 0.25) is 0 Å². The van der Waals surface area contributed by atoms with Crippen LogP contribution in [0.4, 0.5) is 5.69 Å². The summed E-state index contributed by atoms with van der Waals surface area (Å²) in [5, 5.41) is 9.13. The summed E-state index contributed by atoms with van der Waals surface area (Å²) >= 11 is 0. The maximum Gasteiger partial charge on any atom is 0.335 e. The first kappa shape index (κ1) is 18.7. The van der Waals surface area contributed by atoms with E-state index < -0.39 is 5.97 Å². The standard InChI is InChI=1S/C22H20N2O5/c1-13-6-16-10-23-18-9-20(19(28-2)8-17(18)21(25)24(16)11-13)29-12-14-4-3-5-15(7-14)22(26)27/h3-5,7-11,16H,6,12H2,1-2H3,(H,26,27)/t16-/m0/s1. The van der Waals surface area contributed by atoms with Crippen molar-refractivity contribution in [2.24, 2.45) is 4.99 Å². The minimum absolute atomic E-state index is 0.0796. The van der Waals surface area contributed by atoms with E-state index in [1.165, 1.54) is 13.2 Å². The van der Waals surface area contributed by atoms with Crippen molar-refractivity contribution in [3.63, 3.8) is 0 Å². The van der Waals surface area contributed by atoms with Crippen LogP contribution in [-0.4, -0.2) is 41.2 Å². The van der Waals surface area contributed by atoms with Gasteiger partial charge in [0.05, 0.1) is 30.0 Å². The van der Waals surface area contributed by atoms with Crippen LogP contribution >= 0.6 is 0 Å². The summed E-state index contributed by atoms with van der Waals surface area (Å²) in [4.78, 5) is 30.3. The van der Waals surface area contributed by atoms with E-state index in [0.717, 1.165) is 12.0 Å². The summed E-state index contributed by atoms with van der Waals surface area (Å²) < 4.78 is 11.3. The lowest BCUT2D eigenvalue weighted by Gasteiger charge is -2.19. The quantitative estimate of drug-likeness (QED) is 0.836. The molecule has 1 N–H and O–H groups in total. The summed E-state index contributed by atoms with van der Waals surface area (Å²) in [7, 11) is 1.51. The molecule has 4 rings (SSSR count). The van der Waals surface area contributed by atoms with Gasteiger partial charge in [0.15, 0.2) is 11.5 Å². The Morgan fingerprint density at radius 3 is 2.86 bits per heavy atom. The van der Waals surface area contributed by atoms with E-state index in [-0.39, 0.29) is 24.1 Å². The molecule has 7 nitrogen and oxygen atoms in total. The zero-order valence-electron chi connectivity index (χ0n) is 16.1. The Labute approximate surface area is 167 Å². The normalized spacial score (nSPS) is 17.3. The lowest BCUT2D eigenvalue weighted by Crippen LogP contribution is -2.32. The van der Waals surface area contributed by atoms with Gasteiger partial charge in [0.2, 0.25) is 0 Å². The Morgan fingerprint density at radius 2 is 2.10 bits per heavy atom. The van der Waals surface area contributed by atoms with Crippen molar-refractivity contribution in [1.82, 2.24) is 4.90 Å². The van der Waals surface area contributed by atoms with E-state index in [2.05, 4.69) is 4.99 Å². The van der Waals surface area contributed by atoms with E-state index >= 15 is 0 Å². The van der Waals surface area contributed by atoms with Gasteiger partial charge in [-0.2, -0.15) is 0 Å². The highest BCUT2D eigenvalue weighted by molar-refractivity contribution is 6.04. The Kier molecular flexibility index (Phi) is 4.80. The van der Waals surface area contributed by atoms with Crippen molar-refractivity contribution < 1.29 is 24.2 Å². The molecule has 2 aliphatic heterocycles. The zero-order chi connectivity index (χ0) is 20.5. The summed E-state index contributed by atoms with van der Waals surface area (Å²) in [6.07, 6.45) is 4.41. The molecule has 1 atom stereocenters. The van der Waals surface area contributed by atoms with Crippen LogP contribution in [0.1, 0.15) is 39.6 Å². The third-order valence-corrected chi connectivity index (χ3v) is 4.95. The Morgan fingerprint density at radius 1 is 1.28 bits per heavy atom. The topological polar surface area (TPSA) is 88.4 Å². The number of carboxylic acids is 1. The minimum atomic E-state index is -0.993. The second-order valence-electron chi connectivity index (χ2n) is 7.05. The molecule has 0 aliphatic carbocycles. The molecule has 0 radical (unpaired) electrons. The lowest BCUT2D eigenvalue weighted by atomic mass is 10.1. The van der Waals surface area contributed by atoms with Gasteiger partial charge in [0.1, 0.15) is 6.61 Å². The van der Waals surface area contributed by atoms with Gasteiger partial charge in [-0.05, 0) is 37.1 Å². The van der Waals surface area contributed by atoms with Crippen LogP contribution in [-0.2, 0) is 6.61 Å². The third-order valence-electron chi connectivity index (χ3n) is 4.95. The average molecular weight is 392 g/mol. The number of fused-ring (bicyclic) bond motifs is 2. The molecule has 0 saturated heterocycles. The molecule has 2 aromatic rings. The number of aromatic carboxylic acids is 1. The van der Waals surface area contributed by atoms with Crippen LogP contribution in [0.15, 0.2) is 53.2 Å². The number of rotatable bonds is 5. The van der Waals surface area contributed by atoms with E-state index in [1.807, 2.05) is 13.1 Å². The molecular weight excluding hydrogens is 372 g/mol. The number of carbonyl (C=O) groups is 2. The summed E-state index contributed by atoms with van der Waals surface area (Å²) in [5.41, 5.74) is 3.01. The molecule has 2 aromatic carbocycles. The fraction of sp³-hybridized carbons (Fsp3) is 0.227. The highest BCUT2D eigenvalue weighted by Crippen LogP contribution is 2.38. The molecule has 7 heteroatoms. The van der Waals surface area contributed by atoms with Crippen molar-refractivity contribution in [1.29, 1.82) is 0 Å². The third kappa shape index (κ3) is 3.59. The molecule has 2 aliphatic rings. The first-order valence-corrected chi connectivity index (χ1v) is 9.17. The van der Waals surface area contributed by atoms with Crippen molar-refractivity contribution in [3.8, 4) is 11.5 Å². The molecule has 0 saturated carbocycles. The summed E-state index contributed by atoms with van der Waals surface area (Å²) in [6, 6.07) is 9.78. The maximum absolute atomic E-state index is 13.0. The predicted octanol–water partition coefficient (Wildman–Crippen LogP) is 3.81. The fourth-order valence-electron chi connectivity index (χ4n) is 3.51. The number of aliphatic imine (C=N–C) groups is 1. The largest absolute Gasteiger partial charge is 0.493 e. The van der Waals surface area contributed by atoms with Crippen molar-refractivity contribution in [2.45, 2.75) is 26.0 Å². The molecule has 0 unspecified atom stereocenters. The van der Waals surface area contributed by atoms with Gasteiger partial charge in [0, 0.05) is 18.5 Å². The first-order chi connectivity index (χ1) is 14.0. The maximum atomic E-state index is 13.0. The molecular formula is C22H20N2O5. The second kappa shape index (κ2) is 7.43. The smallest absolute Gasteiger partial charge is 0.335 e. The van der Waals surface area contributed by atoms with Gasteiger partial charge >= 0.3 is 5.97 Å². The summed E-state index contributed by atoms with van der Waals surface area (Å²) in [5.74, 6) is -0.267. The Hall–Kier alpha value is -3.61. The number of benzene rings is 2. The first-order valence-electron chi connectivity index (χ1n) is 9.17. The molecule has 148 valence electrons. The monoisotopic (exact) mass is 392 g/mol. The van der Waals surface area contributed by atoms with E-state index in [9.17, 15) is 9.59 Å². The molecule has 0 spiro atoms. The molecule has 2 heterocycles. The van der Waals surface area contributed by atoms with Crippen LogP contribution in [0, 0.1) is 0 Å². The Balaban J connectivity index is 1.63. The van der Waals surface area contributed by atoms with E-state index in [0.29, 0.717) is 28.3 Å². The van der Waals surface area contributed by atoms with Crippen molar-refractivity contribution in [2.75, 3.05) is 7.11 Å². The van der Waals surface area contributed by atoms with E-state index in [4.69, 9.17) is 14.6 Å². The van der Waals surface area contributed by atoms with Gasteiger partial charge in [-0.25, -0.2) is 4.79 Å². The number of hydrogen-bond donors (Lipinski definition) is 1. The second-order valence-corrected chi connectivity index (χ2v) is 7.05. The number of nitrogens with zero attached hydrogens (tertiary/aromatic N) is 2. The highest BCUT2D eigenvalue weighted by atomic mass is 16.5. The van der Waals surface area contributed by atoms with Gasteiger partial charge in [-0.1, -0.05) is 17.7 Å². The Bertz CT molecular complexity index is 1060. The van der Waals surface area contributed by atoms with Crippen LogP contribution in [0.3, 0.4) is 0 Å². The molecule has 0 bridgehead atoms. The summed E-state index contributed by atoms with van der Waals surface area (Å²) in [6.45, 7) is 2.15. The van der Waals surface area contributed by atoms with Gasteiger partial charge in [0.25, 0.3) is 5.91 Å². The molecule has 0 fully saturated rings. The van der Waals surface area contributed by atoms with Gasteiger partial charge in [-0.15, -0.1) is 0 Å². The number of ether oxygens (including phenoxy) is 2. The van der Waals surface area contributed by atoms with Crippen molar-refractivity contribution in [3.05, 3.63) is 64.9 Å². The van der Waals surface area contributed by atoms with E-state index in [1.54, 1.807) is 41.4 Å². The minimum Gasteiger partial charge on any atom is -0.493 e.